The molecule has 0 aliphatic carbocycles. The fourth-order valence-electron chi connectivity index (χ4n) is 0.934. The maximum atomic E-state index is 10.6. The van der Waals surface area contributed by atoms with E-state index in [2.05, 4.69) is 0 Å². The van der Waals surface area contributed by atoms with E-state index in [1.54, 1.807) is 0 Å². The van der Waals surface area contributed by atoms with E-state index < -0.39 is 17.9 Å². The molecule has 0 saturated carbocycles. The van der Waals surface area contributed by atoms with Crippen LogP contribution >= 0.6 is 0 Å². The smallest absolute Gasteiger partial charge is 0.246 e. The Morgan fingerprint density at radius 2 is 2.40 bits per heavy atom. The topological polar surface area (TPSA) is 83.6 Å². The van der Waals surface area contributed by atoms with Gasteiger partial charge in [-0.2, -0.15) is 0 Å². The maximum absolute atomic E-state index is 10.6. The van der Waals surface area contributed by atoms with Crippen molar-refractivity contribution in [2.45, 2.75) is 18.9 Å². The lowest BCUT2D eigenvalue weighted by Crippen LogP contribution is -2.39. The fraction of sp³-hybridized carbons (Fsp3) is 0.600. The van der Waals surface area contributed by atoms with Gasteiger partial charge in [0.25, 0.3) is 0 Å². The molecule has 5 nitrogen and oxygen atoms in total. The molecule has 2 amide bonds. The molecule has 1 atom stereocenters. The molecule has 1 heterocycles. The normalized spacial score (nSPS) is 25.5. The quantitative estimate of drug-likeness (QED) is 0.456. The van der Waals surface area contributed by atoms with Gasteiger partial charge in [0, 0.05) is 6.42 Å². The predicted octanol–water partition coefficient (Wildman–Crippen LogP) is -1.15. The van der Waals surface area contributed by atoms with Crippen molar-refractivity contribution < 1.29 is 14.8 Å². The fourth-order valence-corrected chi connectivity index (χ4v) is 0.934. The second-order valence-corrected chi connectivity index (χ2v) is 2.20. The van der Waals surface area contributed by atoms with Crippen LogP contribution in [-0.2, 0) is 9.59 Å². The summed E-state index contributed by atoms with van der Waals surface area (Å²) in [7, 11) is 0. The van der Waals surface area contributed by atoms with E-state index in [4.69, 9.17) is 10.9 Å². The molecule has 0 spiro atoms. The Labute approximate surface area is 57.4 Å². The molecular weight excluding hydrogens is 136 g/mol. The number of carbonyl (C=O) groups excluding carboxylic acids is 2. The highest BCUT2D eigenvalue weighted by Crippen LogP contribution is 2.14. The van der Waals surface area contributed by atoms with Gasteiger partial charge < -0.3 is 5.73 Å². The van der Waals surface area contributed by atoms with Gasteiger partial charge in [0.05, 0.1) is 0 Å². The third-order valence-electron chi connectivity index (χ3n) is 1.51. The van der Waals surface area contributed by atoms with Crippen molar-refractivity contribution in [3.05, 3.63) is 0 Å². The standard InChI is InChI=1S/C5H8N2O3/c6-5(9)3-1-2-4(8)7(3)10/h3,10H,1-2H2,(H2,6,9). The summed E-state index contributed by atoms with van der Waals surface area (Å²) in [5, 5.41) is 9.22. The molecule has 0 aromatic rings. The monoisotopic (exact) mass is 144 g/mol. The molecular formula is C5H8N2O3. The van der Waals surface area contributed by atoms with E-state index >= 15 is 0 Å². The summed E-state index contributed by atoms with van der Waals surface area (Å²) in [5.41, 5.74) is 4.86. The van der Waals surface area contributed by atoms with E-state index in [1.807, 2.05) is 0 Å². The largest absolute Gasteiger partial charge is 0.368 e. The van der Waals surface area contributed by atoms with Crippen molar-refractivity contribution in [2.24, 2.45) is 5.73 Å². The molecule has 3 N–H and O–H groups in total. The van der Waals surface area contributed by atoms with Crippen LogP contribution in [0.25, 0.3) is 0 Å². The van der Waals surface area contributed by atoms with Crippen LogP contribution in [0, 0.1) is 0 Å². The average molecular weight is 144 g/mol. The van der Waals surface area contributed by atoms with Crippen molar-refractivity contribution in [3.8, 4) is 0 Å². The summed E-state index contributed by atoms with van der Waals surface area (Å²) in [4.78, 5) is 21.0. The Kier molecular flexibility index (Phi) is 1.58. The molecule has 1 unspecified atom stereocenters. The van der Waals surface area contributed by atoms with Crippen molar-refractivity contribution in [3.63, 3.8) is 0 Å². The SMILES string of the molecule is NC(=O)C1CCC(=O)N1O. The Balaban J connectivity index is 2.66. The summed E-state index contributed by atoms with van der Waals surface area (Å²) < 4.78 is 0. The van der Waals surface area contributed by atoms with Crippen LogP contribution in [-0.4, -0.2) is 28.1 Å². The van der Waals surface area contributed by atoms with E-state index in [9.17, 15) is 9.59 Å². The second kappa shape index (κ2) is 2.26. The molecule has 1 rings (SSSR count). The summed E-state index contributed by atoms with van der Waals surface area (Å²) in [6.45, 7) is 0. The zero-order chi connectivity index (χ0) is 7.72. The zero-order valence-corrected chi connectivity index (χ0v) is 5.28. The number of hydroxylamine groups is 2. The molecule has 1 fully saturated rings. The van der Waals surface area contributed by atoms with Crippen LogP contribution in [0.1, 0.15) is 12.8 Å². The first-order valence-corrected chi connectivity index (χ1v) is 2.93. The lowest BCUT2D eigenvalue weighted by molar-refractivity contribution is -0.169. The van der Waals surface area contributed by atoms with Gasteiger partial charge in [0.2, 0.25) is 11.8 Å². The number of rotatable bonds is 1. The Morgan fingerprint density at radius 1 is 1.80 bits per heavy atom. The molecule has 1 saturated heterocycles. The molecule has 0 radical (unpaired) electrons. The van der Waals surface area contributed by atoms with Crippen molar-refractivity contribution in [2.75, 3.05) is 0 Å². The second-order valence-electron chi connectivity index (χ2n) is 2.20. The van der Waals surface area contributed by atoms with Crippen LogP contribution < -0.4 is 5.73 Å². The number of nitrogens with zero attached hydrogens (tertiary/aromatic N) is 1. The molecule has 56 valence electrons. The Hall–Kier alpha value is -1.10. The van der Waals surface area contributed by atoms with Crippen molar-refractivity contribution in [1.82, 2.24) is 5.06 Å². The van der Waals surface area contributed by atoms with Gasteiger partial charge in [-0.3, -0.25) is 14.8 Å². The number of amides is 2. The Bertz CT molecular complexity index is 180. The number of carbonyl (C=O) groups is 2. The third kappa shape index (κ3) is 0.950. The maximum Gasteiger partial charge on any atom is 0.246 e. The molecule has 1 aliphatic rings. The number of hydrogen-bond donors (Lipinski definition) is 2. The lowest BCUT2D eigenvalue weighted by Gasteiger charge is -2.12. The minimum absolute atomic E-state index is 0.199. The molecule has 5 heteroatoms. The highest BCUT2D eigenvalue weighted by Gasteiger charge is 2.33. The van der Waals surface area contributed by atoms with E-state index in [-0.39, 0.29) is 6.42 Å². The first-order valence-electron chi connectivity index (χ1n) is 2.93. The Morgan fingerprint density at radius 3 is 2.60 bits per heavy atom. The van der Waals surface area contributed by atoms with Gasteiger partial charge in [0.1, 0.15) is 6.04 Å². The summed E-state index contributed by atoms with van der Waals surface area (Å²) in [6, 6.07) is -0.813. The lowest BCUT2D eigenvalue weighted by atomic mass is 10.2. The number of primary amides is 1. The van der Waals surface area contributed by atoms with Crippen molar-refractivity contribution in [1.29, 1.82) is 0 Å². The molecule has 0 aromatic heterocycles. The van der Waals surface area contributed by atoms with Crippen LogP contribution in [0.3, 0.4) is 0 Å². The molecule has 0 aromatic carbocycles. The first-order chi connectivity index (χ1) is 4.63. The molecule has 10 heavy (non-hydrogen) atoms. The summed E-state index contributed by atoms with van der Waals surface area (Å²) in [5.74, 6) is -1.10. The van der Waals surface area contributed by atoms with Gasteiger partial charge in [-0.15, -0.1) is 0 Å². The van der Waals surface area contributed by atoms with Crippen LogP contribution in [0.5, 0.6) is 0 Å². The molecule has 0 bridgehead atoms. The van der Waals surface area contributed by atoms with Gasteiger partial charge in [0.15, 0.2) is 0 Å². The highest BCUT2D eigenvalue weighted by atomic mass is 16.5. The number of nitrogens with two attached hydrogens (primary N) is 1. The van der Waals surface area contributed by atoms with Gasteiger partial charge in [-0.25, -0.2) is 5.06 Å². The minimum Gasteiger partial charge on any atom is -0.368 e. The summed E-state index contributed by atoms with van der Waals surface area (Å²) in [6.07, 6.45) is 0.523. The highest BCUT2D eigenvalue weighted by molar-refractivity contribution is 5.89. The van der Waals surface area contributed by atoms with Crippen molar-refractivity contribution >= 4 is 11.8 Å². The van der Waals surface area contributed by atoms with Gasteiger partial charge >= 0.3 is 0 Å². The van der Waals surface area contributed by atoms with E-state index in [0.29, 0.717) is 11.5 Å². The summed E-state index contributed by atoms with van der Waals surface area (Å²) >= 11 is 0. The molecule has 1 aliphatic heterocycles. The predicted molar refractivity (Wildman–Crippen MR) is 30.8 cm³/mol. The average Bonchev–Trinajstić information content (AvgIpc) is 2.14. The first kappa shape index (κ1) is 7.01. The van der Waals surface area contributed by atoms with Crippen LogP contribution in [0.4, 0.5) is 0 Å². The van der Waals surface area contributed by atoms with Gasteiger partial charge in [-0.1, -0.05) is 0 Å². The van der Waals surface area contributed by atoms with Crippen LogP contribution in [0.2, 0.25) is 0 Å². The van der Waals surface area contributed by atoms with Crippen LogP contribution in [0.15, 0.2) is 0 Å². The zero-order valence-electron chi connectivity index (χ0n) is 5.28. The van der Waals surface area contributed by atoms with Gasteiger partial charge in [-0.05, 0) is 6.42 Å². The minimum atomic E-state index is -0.813. The van der Waals surface area contributed by atoms with E-state index in [1.165, 1.54) is 0 Å². The third-order valence-corrected chi connectivity index (χ3v) is 1.51. The van der Waals surface area contributed by atoms with E-state index in [0.717, 1.165) is 0 Å². The number of hydrogen-bond acceptors (Lipinski definition) is 3.